The molecule has 0 fully saturated rings. The van der Waals surface area contributed by atoms with Crippen LogP contribution in [-0.4, -0.2) is 21.8 Å². The number of aromatic nitrogens is 2. The molecule has 3 N–H and O–H groups in total. The fraction of sp³-hybridized carbons (Fsp3) is 0.235. The van der Waals surface area contributed by atoms with Crippen LogP contribution in [0.25, 0.3) is 11.3 Å². The van der Waals surface area contributed by atoms with Crippen LogP contribution in [0, 0.1) is 11.6 Å². The Bertz CT molecular complexity index is 793. The predicted octanol–water partition coefficient (Wildman–Crippen LogP) is 2.95. The number of aromatic amines is 1. The Hall–Kier alpha value is -2.51. The first-order chi connectivity index (χ1) is 11.5. The molecular weight excluding hydrogens is 316 g/mol. The lowest BCUT2D eigenvalue weighted by atomic mass is 10.0. The summed E-state index contributed by atoms with van der Waals surface area (Å²) >= 11 is 0. The van der Waals surface area contributed by atoms with Crippen molar-refractivity contribution < 1.29 is 18.3 Å². The molecule has 0 aliphatic heterocycles. The van der Waals surface area contributed by atoms with Crippen molar-refractivity contribution in [2.45, 2.75) is 19.1 Å². The first-order valence-electron chi connectivity index (χ1n) is 7.43. The maximum atomic E-state index is 13.9. The Kier molecular flexibility index (Phi) is 4.46. The number of aliphatic hydroxyl groups is 1. The van der Waals surface area contributed by atoms with Crippen molar-refractivity contribution in [2.75, 3.05) is 6.54 Å². The molecule has 0 amide bonds. The van der Waals surface area contributed by atoms with E-state index in [0.717, 1.165) is 0 Å². The Labute approximate surface area is 137 Å². The van der Waals surface area contributed by atoms with E-state index >= 15 is 0 Å². The molecule has 0 aliphatic carbocycles. The fourth-order valence-corrected chi connectivity index (χ4v) is 2.51. The van der Waals surface area contributed by atoms with Crippen LogP contribution in [0.15, 0.2) is 47.2 Å². The molecule has 1 atom stereocenters. The maximum Gasteiger partial charge on any atom is 0.136 e. The zero-order valence-electron chi connectivity index (χ0n) is 13.0. The Morgan fingerprint density at radius 3 is 2.67 bits per heavy atom. The number of rotatable bonds is 6. The summed E-state index contributed by atoms with van der Waals surface area (Å²) in [4.78, 5) is 0. The van der Waals surface area contributed by atoms with Crippen LogP contribution in [0.1, 0.15) is 18.2 Å². The topological polar surface area (TPSA) is 74.1 Å². The molecule has 0 bridgehead atoms. The molecule has 126 valence electrons. The Morgan fingerprint density at radius 1 is 1.25 bits per heavy atom. The van der Waals surface area contributed by atoms with Crippen LogP contribution >= 0.6 is 0 Å². The van der Waals surface area contributed by atoms with E-state index in [-0.39, 0.29) is 24.3 Å². The Balaban J connectivity index is 1.73. The number of hydrogen-bond donors (Lipinski definition) is 3. The number of halogens is 2. The van der Waals surface area contributed by atoms with Crippen LogP contribution in [0.3, 0.4) is 0 Å². The van der Waals surface area contributed by atoms with E-state index in [0.29, 0.717) is 11.3 Å². The van der Waals surface area contributed by atoms with Crippen molar-refractivity contribution in [1.82, 2.24) is 15.5 Å². The van der Waals surface area contributed by atoms with Gasteiger partial charge in [-0.15, -0.1) is 0 Å². The van der Waals surface area contributed by atoms with Gasteiger partial charge < -0.3 is 14.8 Å². The number of H-pyrrole nitrogens is 1. The minimum Gasteiger partial charge on any atom is -0.466 e. The third-order valence-corrected chi connectivity index (χ3v) is 3.77. The first kappa shape index (κ1) is 16.4. The second-order valence-electron chi connectivity index (χ2n) is 5.72. The minimum atomic E-state index is -1.20. The van der Waals surface area contributed by atoms with Gasteiger partial charge in [-0.2, -0.15) is 5.10 Å². The summed E-state index contributed by atoms with van der Waals surface area (Å²) in [6, 6.07) is 7.07. The van der Waals surface area contributed by atoms with Gasteiger partial charge in [-0.3, -0.25) is 5.10 Å². The molecule has 0 saturated heterocycles. The number of nitrogens with zero attached hydrogens (tertiary/aromatic N) is 1. The normalized spacial score (nSPS) is 13.8. The molecular formula is C17H17F2N3O2. The second-order valence-corrected chi connectivity index (χ2v) is 5.72. The lowest BCUT2D eigenvalue weighted by Gasteiger charge is -2.21. The van der Waals surface area contributed by atoms with E-state index in [1.54, 1.807) is 19.1 Å². The van der Waals surface area contributed by atoms with Crippen molar-refractivity contribution in [3.63, 3.8) is 0 Å². The molecule has 2 heterocycles. The summed E-state index contributed by atoms with van der Waals surface area (Å²) in [5, 5.41) is 19.9. The maximum absolute atomic E-state index is 13.9. The zero-order valence-corrected chi connectivity index (χ0v) is 13.0. The summed E-state index contributed by atoms with van der Waals surface area (Å²) < 4.78 is 33.1. The SMILES string of the molecule is CC(O)(CNCc1cn[nH]c1-c1c(F)cccc1F)c1ccco1. The monoisotopic (exact) mass is 333 g/mol. The van der Waals surface area contributed by atoms with E-state index in [4.69, 9.17) is 4.42 Å². The van der Waals surface area contributed by atoms with Gasteiger partial charge in [-0.1, -0.05) is 6.07 Å². The molecule has 1 aromatic carbocycles. The number of hydrogen-bond acceptors (Lipinski definition) is 4. The molecule has 24 heavy (non-hydrogen) atoms. The quantitative estimate of drug-likeness (QED) is 0.648. The average molecular weight is 333 g/mol. The van der Waals surface area contributed by atoms with Gasteiger partial charge in [0.2, 0.25) is 0 Å². The molecule has 7 heteroatoms. The van der Waals surface area contributed by atoms with Gasteiger partial charge in [0, 0.05) is 18.7 Å². The highest BCUT2D eigenvalue weighted by atomic mass is 19.1. The van der Waals surface area contributed by atoms with Crippen molar-refractivity contribution in [3.05, 3.63) is 65.7 Å². The minimum absolute atomic E-state index is 0.149. The highest BCUT2D eigenvalue weighted by molar-refractivity contribution is 5.64. The van der Waals surface area contributed by atoms with Crippen molar-refractivity contribution in [3.8, 4) is 11.3 Å². The van der Waals surface area contributed by atoms with Crippen molar-refractivity contribution in [2.24, 2.45) is 0 Å². The van der Waals surface area contributed by atoms with Gasteiger partial charge in [-0.25, -0.2) is 8.78 Å². The summed E-state index contributed by atoms with van der Waals surface area (Å²) in [6.07, 6.45) is 2.98. The molecule has 0 saturated carbocycles. The van der Waals surface area contributed by atoms with Crippen LogP contribution in [-0.2, 0) is 12.1 Å². The van der Waals surface area contributed by atoms with E-state index in [9.17, 15) is 13.9 Å². The lowest BCUT2D eigenvalue weighted by Crippen LogP contribution is -2.34. The lowest BCUT2D eigenvalue weighted by molar-refractivity contribution is 0.0340. The summed E-state index contributed by atoms with van der Waals surface area (Å²) in [6.45, 7) is 2.09. The third-order valence-electron chi connectivity index (χ3n) is 3.77. The van der Waals surface area contributed by atoms with Crippen LogP contribution < -0.4 is 5.32 Å². The summed E-state index contributed by atoms with van der Waals surface area (Å²) in [5.74, 6) is -0.895. The van der Waals surface area contributed by atoms with E-state index in [1.807, 2.05) is 0 Å². The second kappa shape index (κ2) is 6.54. The van der Waals surface area contributed by atoms with E-state index in [1.165, 1.54) is 30.7 Å². The van der Waals surface area contributed by atoms with Gasteiger partial charge in [0.1, 0.15) is 23.0 Å². The highest BCUT2D eigenvalue weighted by Gasteiger charge is 2.26. The van der Waals surface area contributed by atoms with E-state index < -0.39 is 17.2 Å². The summed E-state index contributed by atoms with van der Waals surface area (Å²) in [5.41, 5.74) is -0.481. The smallest absolute Gasteiger partial charge is 0.136 e. The molecule has 0 aliphatic rings. The van der Waals surface area contributed by atoms with Gasteiger partial charge in [-0.05, 0) is 31.2 Å². The molecule has 5 nitrogen and oxygen atoms in total. The summed E-state index contributed by atoms with van der Waals surface area (Å²) in [7, 11) is 0. The third kappa shape index (κ3) is 3.22. The van der Waals surface area contributed by atoms with Crippen LogP contribution in [0.2, 0.25) is 0 Å². The molecule has 0 radical (unpaired) electrons. The first-order valence-corrected chi connectivity index (χ1v) is 7.43. The molecule has 1 unspecified atom stereocenters. The van der Waals surface area contributed by atoms with Gasteiger partial charge in [0.15, 0.2) is 0 Å². The Morgan fingerprint density at radius 2 is 2.00 bits per heavy atom. The highest BCUT2D eigenvalue weighted by Crippen LogP contribution is 2.27. The fourth-order valence-electron chi connectivity index (χ4n) is 2.51. The molecule has 2 aromatic heterocycles. The largest absolute Gasteiger partial charge is 0.466 e. The van der Waals surface area contributed by atoms with Crippen molar-refractivity contribution in [1.29, 1.82) is 0 Å². The van der Waals surface area contributed by atoms with Crippen LogP contribution in [0.4, 0.5) is 8.78 Å². The molecule has 3 aromatic rings. The van der Waals surface area contributed by atoms with Crippen molar-refractivity contribution >= 4 is 0 Å². The predicted molar refractivity (Wildman–Crippen MR) is 83.9 cm³/mol. The standard InChI is InChI=1S/C17H17F2N3O2/c1-17(23,14-6-3-7-24-14)10-20-8-11-9-21-22-16(11)15-12(18)4-2-5-13(15)19/h2-7,9,20,23H,8,10H2,1H3,(H,21,22). The number of benzene rings is 1. The molecule has 0 spiro atoms. The van der Waals surface area contributed by atoms with Crippen LogP contribution in [0.5, 0.6) is 0 Å². The number of furan rings is 1. The van der Waals surface area contributed by atoms with Gasteiger partial charge >= 0.3 is 0 Å². The van der Waals surface area contributed by atoms with Gasteiger partial charge in [0.25, 0.3) is 0 Å². The number of nitrogens with one attached hydrogen (secondary N) is 2. The zero-order chi connectivity index (χ0) is 17.2. The van der Waals surface area contributed by atoms with E-state index in [2.05, 4.69) is 15.5 Å². The molecule has 3 rings (SSSR count). The van der Waals surface area contributed by atoms with Gasteiger partial charge in [0.05, 0.1) is 23.7 Å². The average Bonchev–Trinajstić information content (AvgIpc) is 3.19.